The Labute approximate surface area is 90.4 Å². The van der Waals surface area contributed by atoms with Gasteiger partial charge in [-0.05, 0) is 34.5 Å². The average Bonchev–Trinajstić information content (AvgIpc) is 2.62. The third-order valence-electron chi connectivity index (χ3n) is 2.14. The predicted octanol–water partition coefficient (Wildman–Crippen LogP) is 3.00. The number of nitrogens with zero attached hydrogens (tertiary/aromatic N) is 1. The summed E-state index contributed by atoms with van der Waals surface area (Å²) in [6, 6.07) is 5.65. The van der Waals surface area contributed by atoms with Gasteiger partial charge in [0.05, 0.1) is 10.5 Å². The van der Waals surface area contributed by atoms with Gasteiger partial charge >= 0.3 is 0 Å². The number of oxazole rings is 1. The van der Waals surface area contributed by atoms with Crippen molar-refractivity contribution in [2.75, 3.05) is 0 Å². The van der Waals surface area contributed by atoms with Gasteiger partial charge in [-0.1, -0.05) is 13.0 Å². The fraction of sp³-hybridized carbons (Fsp3) is 0.300. The number of fused-ring (bicyclic) bond motifs is 1. The number of rotatable bonds is 2. The molecule has 0 radical (unpaired) electrons. The van der Waals surface area contributed by atoms with E-state index in [-0.39, 0.29) is 6.04 Å². The van der Waals surface area contributed by atoms with Crippen LogP contribution in [0, 0.1) is 0 Å². The second kappa shape index (κ2) is 3.71. The van der Waals surface area contributed by atoms with Crippen LogP contribution >= 0.6 is 15.9 Å². The maximum absolute atomic E-state index is 5.84. The molecule has 0 amide bonds. The monoisotopic (exact) mass is 254 g/mol. The average molecular weight is 255 g/mol. The molecule has 14 heavy (non-hydrogen) atoms. The summed E-state index contributed by atoms with van der Waals surface area (Å²) >= 11 is 3.41. The molecule has 2 rings (SSSR count). The Balaban J connectivity index is 2.56. The number of aromatic nitrogens is 1. The molecule has 1 unspecified atom stereocenters. The molecule has 0 saturated heterocycles. The number of hydrogen-bond acceptors (Lipinski definition) is 3. The van der Waals surface area contributed by atoms with Crippen LogP contribution in [0.25, 0.3) is 11.1 Å². The van der Waals surface area contributed by atoms with Crippen LogP contribution in [0.1, 0.15) is 25.3 Å². The van der Waals surface area contributed by atoms with Crippen molar-refractivity contribution in [3.63, 3.8) is 0 Å². The van der Waals surface area contributed by atoms with E-state index in [4.69, 9.17) is 10.2 Å². The highest BCUT2D eigenvalue weighted by Crippen LogP contribution is 2.26. The Bertz CT molecular complexity index is 452. The maximum Gasteiger partial charge on any atom is 0.212 e. The first kappa shape index (κ1) is 9.68. The lowest BCUT2D eigenvalue weighted by molar-refractivity contribution is 0.468. The summed E-state index contributed by atoms with van der Waals surface area (Å²) in [5.74, 6) is 0.606. The van der Waals surface area contributed by atoms with Crippen molar-refractivity contribution >= 4 is 27.0 Å². The van der Waals surface area contributed by atoms with Crippen LogP contribution < -0.4 is 5.73 Å². The summed E-state index contributed by atoms with van der Waals surface area (Å²) < 4.78 is 6.48. The van der Waals surface area contributed by atoms with E-state index in [1.165, 1.54) is 0 Å². The van der Waals surface area contributed by atoms with Crippen molar-refractivity contribution in [3.8, 4) is 0 Å². The summed E-state index contributed by atoms with van der Waals surface area (Å²) in [6.07, 6.45) is 0.824. The van der Waals surface area contributed by atoms with Crippen molar-refractivity contribution in [3.05, 3.63) is 28.6 Å². The van der Waals surface area contributed by atoms with E-state index in [1.807, 2.05) is 25.1 Å². The van der Waals surface area contributed by atoms with Crippen molar-refractivity contribution < 1.29 is 4.42 Å². The van der Waals surface area contributed by atoms with E-state index < -0.39 is 0 Å². The number of para-hydroxylation sites is 1. The topological polar surface area (TPSA) is 52.0 Å². The molecule has 1 atom stereocenters. The van der Waals surface area contributed by atoms with Gasteiger partial charge in [-0.25, -0.2) is 4.98 Å². The van der Waals surface area contributed by atoms with Crippen LogP contribution in [-0.2, 0) is 0 Å². The van der Waals surface area contributed by atoms with Gasteiger partial charge in [-0.2, -0.15) is 0 Å². The minimum Gasteiger partial charge on any atom is -0.438 e. The normalized spacial score (nSPS) is 13.4. The quantitative estimate of drug-likeness (QED) is 0.897. The van der Waals surface area contributed by atoms with Gasteiger partial charge in [0.1, 0.15) is 5.52 Å². The zero-order chi connectivity index (χ0) is 10.1. The molecule has 74 valence electrons. The third-order valence-corrected chi connectivity index (χ3v) is 2.76. The molecule has 0 aliphatic carbocycles. The second-order valence-electron chi connectivity index (χ2n) is 3.15. The molecule has 0 fully saturated rings. The SMILES string of the molecule is CCC(N)c1nc2cccc(Br)c2o1. The van der Waals surface area contributed by atoms with Crippen LogP contribution in [0.2, 0.25) is 0 Å². The highest BCUT2D eigenvalue weighted by atomic mass is 79.9. The zero-order valence-corrected chi connectivity index (χ0v) is 9.41. The number of halogens is 1. The Kier molecular flexibility index (Phi) is 2.56. The lowest BCUT2D eigenvalue weighted by Crippen LogP contribution is -2.08. The molecule has 2 aromatic rings. The van der Waals surface area contributed by atoms with Crippen LogP contribution in [0.15, 0.2) is 27.1 Å². The van der Waals surface area contributed by atoms with E-state index in [0.29, 0.717) is 5.89 Å². The molecule has 2 N–H and O–H groups in total. The van der Waals surface area contributed by atoms with E-state index in [1.54, 1.807) is 0 Å². The summed E-state index contributed by atoms with van der Waals surface area (Å²) in [6.45, 7) is 2.01. The molecule has 1 heterocycles. The van der Waals surface area contributed by atoms with Crippen LogP contribution in [0.4, 0.5) is 0 Å². The van der Waals surface area contributed by atoms with E-state index in [9.17, 15) is 0 Å². The zero-order valence-electron chi connectivity index (χ0n) is 7.83. The van der Waals surface area contributed by atoms with Crippen LogP contribution in [-0.4, -0.2) is 4.98 Å². The Morgan fingerprint density at radius 3 is 3.00 bits per heavy atom. The summed E-state index contributed by atoms with van der Waals surface area (Å²) in [5.41, 5.74) is 7.45. The Morgan fingerprint density at radius 1 is 1.57 bits per heavy atom. The van der Waals surface area contributed by atoms with E-state index in [2.05, 4.69) is 20.9 Å². The molecule has 1 aromatic heterocycles. The van der Waals surface area contributed by atoms with Crippen molar-refractivity contribution in [2.45, 2.75) is 19.4 Å². The molecule has 0 saturated carbocycles. The molecule has 0 spiro atoms. The summed E-state index contributed by atoms with van der Waals surface area (Å²) in [7, 11) is 0. The standard InChI is InChI=1S/C10H11BrN2O/c1-2-7(12)10-13-8-5-3-4-6(11)9(8)14-10/h3-5,7H,2,12H2,1H3. The second-order valence-corrected chi connectivity index (χ2v) is 4.01. The maximum atomic E-state index is 5.84. The molecule has 3 nitrogen and oxygen atoms in total. The number of hydrogen-bond donors (Lipinski definition) is 1. The largest absolute Gasteiger partial charge is 0.438 e. The van der Waals surface area contributed by atoms with Crippen molar-refractivity contribution in [1.29, 1.82) is 0 Å². The minimum absolute atomic E-state index is 0.116. The molecule has 0 aliphatic rings. The van der Waals surface area contributed by atoms with Crippen molar-refractivity contribution in [2.24, 2.45) is 5.73 Å². The molecule has 0 aliphatic heterocycles. The third kappa shape index (κ3) is 1.55. The number of benzene rings is 1. The molecular weight excluding hydrogens is 244 g/mol. The highest BCUT2D eigenvalue weighted by Gasteiger charge is 2.13. The molecule has 0 bridgehead atoms. The fourth-order valence-electron chi connectivity index (χ4n) is 1.27. The van der Waals surface area contributed by atoms with Gasteiger partial charge in [0.2, 0.25) is 5.89 Å². The molecular formula is C10H11BrN2O. The van der Waals surface area contributed by atoms with Gasteiger partial charge in [0.15, 0.2) is 5.58 Å². The summed E-state index contributed by atoms with van der Waals surface area (Å²) in [5, 5.41) is 0. The van der Waals surface area contributed by atoms with Gasteiger partial charge in [-0.3, -0.25) is 0 Å². The minimum atomic E-state index is -0.116. The Hall–Kier alpha value is -0.870. The van der Waals surface area contributed by atoms with Gasteiger partial charge in [-0.15, -0.1) is 0 Å². The lowest BCUT2D eigenvalue weighted by atomic mass is 10.2. The van der Waals surface area contributed by atoms with Crippen LogP contribution in [0.5, 0.6) is 0 Å². The van der Waals surface area contributed by atoms with Gasteiger partial charge in [0.25, 0.3) is 0 Å². The molecule has 4 heteroatoms. The van der Waals surface area contributed by atoms with Gasteiger partial charge < -0.3 is 10.2 Å². The Morgan fingerprint density at radius 2 is 2.36 bits per heavy atom. The first-order valence-corrected chi connectivity index (χ1v) is 5.32. The van der Waals surface area contributed by atoms with Crippen molar-refractivity contribution in [1.82, 2.24) is 4.98 Å². The van der Waals surface area contributed by atoms with Gasteiger partial charge in [0, 0.05) is 0 Å². The van der Waals surface area contributed by atoms with Crippen LogP contribution in [0.3, 0.4) is 0 Å². The highest BCUT2D eigenvalue weighted by molar-refractivity contribution is 9.10. The van der Waals surface area contributed by atoms with E-state index in [0.717, 1.165) is 22.0 Å². The first-order valence-electron chi connectivity index (χ1n) is 4.53. The lowest BCUT2D eigenvalue weighted by Gasteiger charge is -2.00. The predicted molar refractivity (Wildman–Crippen MR) is 58.9 cm³/mol. The fourth-order valence-corrected chi connectivity index (χ4v) is 1.70. The smallest absolute Gasteiger partial charge is 0.212 e. The first-order chi connectivity index (χ1) is 6.72. The molecule has 1 aromatic carbocycles. The summed E-state index contributed by atoms with van der Waals surface area (Å²) in [4.78, 5) is 4.32. The van der Waals surface area contributed by atoms with E-state index >= 15 is 0 Å². The number of nitrogens with two attached hydrogens (primary N) is 1.